The van der Waals surface area contributed by atoms with Crippen LogP contribution in [0.5, 0.6) is 0 Å². The van der Waals surface area contributed by atoms with Gasteiger partial charge in [-0.1, -0.05) is 13.3 Å². The lowest BCUT2D eigenvalue weighted by atomic mass is 10.1. The fourth-order valence-electron chi connectivity index (χ4n) is 2.18. The van der Waals surface area contributed by atoms with Gasteiger partial charge >= 0.3 is 12.2 Å². The van der Waals surface area contributed by atoms with E-state index in [1.54, 1.807) is 17.6 Å². The van der Waals surface area contributed by atoms with Crippen LogP contribution in [0.2, 0.25) is 0 Å². The quantitative estimate of drug-likeness (QED) is 0.791. The van der Waals surface area contributed by atoms with Gasteiger partial charge in [-0.15, -0.1) is 0 Å². The third-order valence-electron chi connectivity index (χ3n) is 3.49. The molecule has 10 heteroatoms. The minimum Gasteiger partial charge on any atom is -0.314 e. The standard InChI is InChI=1S/C14H15F3N4O3/c1-2-3-7-21-11(23)13(14(15,16)17,20-12(21)24)19-10(22)9-5-4-6-18-8-9/h4-6,8H,2-3,7H2,1H3,(H,19,22)(H,20,24). The number of amides is 4. The molecule has 2 heterocycles. The molecule has 4 amide bonds. The van der Waals surface area contributed by atoms with Crippen LogP contribution in [0, 0.1) is 0 Å². The minimum atomic E-state index is -5.21. The van der Waals surface area contributed by atoms with Crippen LogP contribution in [0.3, 0.4) is 0 Å². The van der Waals surface area contributed by atoms with E-state index in [-0.39, 0.29) is 12.1 Å². The van der Waals surface area contributed by atoms with Gasteiger partial charge in [0.05, 0.1) is 5.56 Å². The van der Waals surface area contributed by atoms with Crippen LogP contribution >= 0.6 is 0 Å². The summed E-state index contributed by atoms with van der Waals surface area (Å²) in [7, 11) is 0. The molecule has 0 aromatic carbocycles. The van der Waals surface area contributed by atoms with Crippen molar-refractivity contribution in [2.24, 2.45) is 0 Å². The highest BCUT2D eigenvalue weighted by Gasteiger charge is 2.68. The number of nitrogens with one attached hydrogen (secondary N) is 2. The Morgan fingerprint density at radius 2 is 2.12 bits per heavy atom. The Hall–Kier alpha value is -2.65. The van der Waals surface area contributed by atoms with Gasteiger partial charge in [-0.3, -0.25) is 24.8 Å². The van der Waals surface area contributed by atoms with E-state index in [1.165, 1.54) is 18.3 Å². The molecule has 130 valence electrons. The maximum absolute atomic E-state index is 13.5. The van der Waals surface area contributed by atoms with Crippen molar-refractivity contribution in [2.45, 2.75) is 31.6 Å². The lowest BCUT2D eigenvalue weighted by Crippen LogP contribution is -2.69. The van der Waals surface area contributed by atoms with Crippen LogP contribution in [0.4, 0.5) is 18.0 Å². The molecule has 1 atom stereocenters. The molecule has 0 spiro atoms. The Balaban J connectivity index is 2.33. The highest BCUT2D eigenvalue weighted by atomic mass is 19.4. The number of unbranched alkanes of at least 4 members (excludes halogenated alkanes) is 1. The van der Waals surface area contributed by atoms with Gasteiger partial charge in [-0.25, -0.2) is 4.79 Å². The summed E-state index contributed by atoms with van der Waals surface area (Å²) in [6.07, 6.45) is -1.89. The number of carbonyl (C=O) groups is 3. The second kappa shape index (κ2) is 6.46. The Kier molecular flexibility index (Phi) is 4.76. The third-order valence-corrected chi connectivity index (χ3v) is 3.49. The number of carbonyl (C=O) groups excluding carboxylic acids is 3. The van der Waals surface area contributed by atoms with Crippen LogP contribution in [-0.2, 0) is 4.79 Å². The van der Waals surface area contributed by atoms with Crippen molar-refractivity contribution in [2.75, 3.05) is 6.54 Å². The molecule has 1 fully saturated rings. The zero-order chi connectivity index (χ0) is 18.0. The molecule has 0 aliphatic carbocycles. The molecule has 1 aliphatic rings. The number of alkyl halides is 3. The number of imide groups is 1. The summed E-state index contributed by atoms with van der Waals surface area (Å²) < 4.78 is 40.6. The summed E-state index contributed by atoms with van der Waals surface area (Å²) in [5, 5.41) is 3.18. The third kappa shape index (κ3) is 3.03. The van der Waals surface area contributed by atoms with Gasteiger partial charge in [0, 0.05) is 18.9 Å². The number of urea groups is 1. The number of nitrogens with zero attached hydrogens (tertiary/aromatic N) is 2. The number of hydrogen-bond acceptors (Lipinski definition) is 4. The molecule has 1 aromatic rings. The van der Waals surface area contributed by atoms with Gasteiger partial charge in [0.15, 0.2) is 0 Å². The van der Waals surface area contributed by atoms with Crippen LogP contribution < -0.4 is 10.6 Å². The van der Waals surface area contributed by atoms with E-state index >= 15 is 0 Å². The molecule has 7 nitrogen and oxygen atoms in total. The first-order valence-corrected chi connectivity index (χ1v) is 7.16. The second-order valence-corrected chi connectivity index (χ2v) is 5.18. The van der Waals surface area contributed by atoms with Gasteiger partial charge < -0.3 is 5.32 Å². The van der Waals surface area contributed by atoms with Crippen molar-refractivity contribution in [3.63, 3.8) is 0 Å². The minimum absolute atomic E-state index is 0.165. The summed E-state index contributed by atoms with van der Waals surface area (Å²) in [5.41, 5.74) is -3.65. The predicted octanol–water partition coefficient (Wildman–Crippen LogP) is 1.42. The van der Waals surface area contributed by atoms with E-state index in [0.29, 0.717) is 17.7 Å². The van der Waals surface area contributed by atoms with Gasteiger partial charge in [-0.2, -0.15) is 13.2 Å². The SMILES string of the molecule is CCCCN1C(=O)NC(NC(=O)c2cccnc2)(C(F)(F)F)C1=O. The molecule has 1 unspecified atom stereocenters. The molecule has 24 heavy (non-hydrogen) atoms. The molecular weight excluding hydrogens is 329 g/mol. The zero-order valence-electron chi connectivity index (χ0n) is 12.7. The second-order valence-electron chi connectivity index (χ2n) is 5.18. The maximum Gasteiger partial charge on any atom is 0.440 e. The molecule has 0 radical (unpaired) electrons. The van der Waals surface area contributed by atoms with Gasteiger partial charge in [0.2, 0.25) is 0 Å². The number of rotatable bonds is 5. The monoisotopic (exact) mass is 344 g/mol. The fourth-order valence-corrected chi connectivity index (χ4v) is 2.18. The average Bonchev–Trinajstić information content (AvgIpc) is 2.77. The van der Waals surface area contributed by atoms with E-state index in [0.717, 1.165) is 6.20 Å². The van der Waals surface area contributed by atoms with Crippen molar-refractivity contribution >= 4 is 17.8 Å². The van der Waals surface area contributed by atoms with Crippen LogP contribution in [0.1, 0.15) is 30.1 Å². The molecule has 0 saturated carbocycles. The fraction of sp³-hybridized carbons (Fsp3) is 0.429. The van der Waals surface area contributed by atoms with Crippen LogP contribution in [-0.4, -0.2) is 46.1 Å². The summed E-state index contributed by atoms with van der Waals surface area (Å²) in [6.45, 7) is 1.60. The molecule has 1 aromatic heterocycles. The van der Waals surface area contributed by atoms with E-state index in [9.17, 15) is 27.6 Å². The normalized spacial score (nSPS) is 20.9. The molecule has 0 bridgehead atoms. The lowest BCUT2D eigenvalue weighted by Gasteiger charge is -2.29. The van der Waals surface area contributed by atoms with Crippen molar-refractivity contribution in [1.82, 2.24) is 20.5 Å². The van der Waals surface area contributed by atoms with E-state index in [2.05, 4.69) is 4.98 Å². The first-order chi connectivity index (χ1) is 11.2. The van der Waals surface area contributed by atoms with E-state index < -0.39 is 29.7 Å². The summed E-state index contributed by atoms with van der Waals surface area (Å²) >= 11 is 0. The Morgan fingerprint density at radius 3 is 2.67 bits per heavy atom. The van der Waals surface area contributed by atoms with Gasteiger partial charge in [0.25, 0.3) is 17.5 Å². The van der Waals surface area contributed by atoms with Crippen LogP contribution in [0.15, 0.2) is 24.5 Å². The maximum atomic E-state index is 13.5. The van der Waals surface area contributed by atoms with Gasteiger partial charge in [0.1, 0.15) is 0 Å². The smallest absolute Gasteiger partial charge is 0.314 e. The molecular formula is C14H15F3N4O3. The summed E-state index contributed by atoms with van der Waals surface area (Å²) in [6, 6.07) is 1.40. The van der Waals surface area contributed by atoms with Crippen molar-refractivity contribution in [3.8, 4) is 0 Å². The van der Waals surface area contributed by atoms with E-state index in [4.69, 9.17) is 0 Å². The highest BCUT2D eigenvalue weighted by molar-refractivity contribution is 6.10. The Labute approximate surface area is 135 Å². The molecule has 1 aliphatic heterocycles. The highest BCUT2D eigenvalue weighted by Crippen LogP contribution is 2.34. The Morgan fingerprint density at radius 1 is 1.42 bits per heavy atom. The number of pyridine rings is 1. The van der Waals surface area contributed by atoms with Crippen LogP contribution in [0.25, 0.3) is 0 Å². The molecule has 1 saturated heterocycles. The number of halogens is 3. The average molecular weight is 344 g/mol. The first kappa shape index (κ1) is 17.7. The first-order valence-electron chi connectivity index (χ1n) is 7.16. The van der Waals surface area contributed by atoms with Crippen molar-refractivity contribution in [1.29, 1.82) is 0 Å². The number of hydrogen-bond donors (Lipinski definition) is 2. The van der Waals surface area contributed by atoms with Crippen molar-refractivity contribution in [3.05, 3.63) is 30.1 Å². The van der Waals surface area contributed by atoms with E-state index in [1.807, 2.05) is 0 Å². The zero-order valence-corrected chi connectivity index (χ0v) is 12.7. The largest absolute Gasteiger partial charge is 0.440 e. The Bertz CT molecular complexity index is 650. The topological polar surface area (TPSA) is 91.4 Å². The van der Waals surface area contributed by atoms with Gasteiger partial charge in [-0.05, 0) is 18.6 Å². The summed E-state index contributed by atoms with van der Waals surface area (Å²) in [4.78, 5) is 40.2. The molecule has 2 rings (SSSR count). The lowest BCUT2D eigenvalue weighted by molar-refractivity contribution is -0.200. The summed E-state index contributed by atoms with van der Waals surface area (Å²) in [5.74, 6) is -2.72. The van der Waals surface area contributed by atoms with Crippen molar-refractivity contribution < 1.29 is 27.6 Å². The number of aromatic nitrogens is 1. The predicted molar refractivity (Wildman–Crippen MR) is 75.6 cm³/mol. The molecule has 2 N–H and O–H groups in total.